The zero-order chi connectivity index (χ0) is 9.84. The predicted molar refractivity (Wildman–Crippen MR) is 58.9 cm³/mol. The Morgan fingerprint density at radius 1 is 1.38 bits per heavy atom. The van der Waals surface area contributed by atoms with Crippen molar-refractivity contribution in [2.75, 3.05) is 11.9 Å². The number of likely N-dealkylation sites (N-methyl/N-ethyl adjacent to an activating group) is 1. The maximum absolute atomic E-state index is 3.90. The van der Waals surface area contributed by atoms with E-state index in [1.165, 1.54) is 11.3 Å². The smallest absolute Gasteiger partial charge is 0.0437 e. The molecule has 0 radical (unpaired) electrons. The van der Waals surface area contributed by atoms with Gasteiger partial charge in [0.1, 0.15) is 0 Å². The third-order valence-electron chi connectivity index (χ3n) is 2.14. The number of para-hydroxylation sites is 1. The van der Waals surface area contributed by atoms with E-state index in [9.17, 15) is 0 Å². The van der Waals surface area contributed by atoms with Crippen molar-refractivity contribution < 1.29 is 0 Å². The minimum atomic E-state index is 0.911. The summed E-state index contributed by atoms with van der Waals surface area (Å²) in [6, 6.07) is 8.21. The molecule has 0 N–H and O–H groups in total. The van der Waals surface area contributed by atoms with Crippen LogP contribution in [0.15, 0.2) is 49.2 Å². The zero-order valence-electron chi connectivity index (χ0n) is 8.25. The van der Waals surface area contributed by atoms with Crippen molar-refractivity contribution in [1.82, 2.24) is 0 Å². The Bertz CT molecular complexity index is 326. The highest BCUT2D eigenvalue weighted by atomic mass is 15.1. The fourth-order valence-electron chi connectivity index (χ4n) is 1.23. The molecular formula is C12H15N. The normalized spacial score (nSPS) is 9.38. The summed E-state index contributed by atoms with van der Waals surface area (Å²) in [5, 5.41) is 0. The number of aryl methyl sites for hydroxylation is 1. The molecule has 0 bridgehead atoms. The van der Waals surface area contributed by atoms with Crippen LogP contribution in [0.1, 0.15) is 5.56 Å². The molecule has 0 saturated heterocycles. The molecule has 68 valence electrons. The summed E-state index contributed by atoms with van der Waals surface area (Å²) in [5.41, 5.74) is 3.33. The lowest BCUT2D eigenvalue weighted by atomic mass is 10.2. The summed E-state index contributed by atoms with van der Waals surface area (Å²) in [5.74, 6) is 0. The minimum absolute atomic E-state index is 0.911. The summed E-state index contributed by atoms with van der Waals surface area (Å²) >= 11 is 0. The van der Waals surface area contributed by atoms with E-state index in [1.54, 1.807) is 6.08 Å². The largest absolute Gasteiger partial charge is 0.345 e. The average Bonchev–Trinajstić information content (AvgIpc) is 2.16. The van der Waals surface area contributed by atoms with Gasteiger partial charge in [-0.2, -0.15) is 0 Å². The lowest BCUT2D eigenvalue weighted by Gasteiger charge is -2.21. The second-order valence-corrected chi connectivity index (χ2v) is 3.04. The van der Waals surface area contributed by atoms with Crippen molar-refractivity contribution in [3.8, 4) is 0 Å². The lowest BCUT2D eigenvalue weighted by Crippen LogP contribution is -2.14. The first-order valence-electron chi connectivity index (χ1n) is 4.27. The van der Waals surface area contributed by atoms with E-state index in [2.05, 4.69) is 32.2 Å². The van der Waals surface area contributed by atoms with Crippen molar-refractivity contribution in [2.24, 2.45) is 0 Å². The number of anilines is 1. The van der Waals surface area contributed by atoms with Gasteiger partial charge in [-0.1, -0.05) is 31.4 Å². The van der Waals surface area contributed by atoms with E-state index in [4.69, 9.17) is 0 Å². The zero-order valence-corrected chi connectivity index (χ0v) is 8.25. The van der Waals surface area contributed by atoms with Crippen LogP contribution < -0.4 is 4.90 Å². The Hall–Kier alpha value is -1.50. The highest BCUT2D eigenvalue weighted by Crippen LogP contribution is 2.20. The van der Waals surface area contributed by atoms with E-state index in [0.717, 1.165) is 5.70 Å². The molecule has 0 spiro atoms. The van der Waals surface area contributed by atoms with Crippen LogP contribution >= 0.6 is 0 Å². The van der Waals surface area contributed by atoms with Gasteiger partial charge in [0, 0.05) is 18.4 Å². The maximum atomic E-state index is 3.90. The van der Waals surface area contributed by atoms with Gasteiger partial charge in [-0.05, 0) is 24.6 Å². The van der Waals surface area contributed by atoms with Gasteiger partial charge < -0.3 is 4.90 Å². The standard InChI is InChI=1S/C12H15N/c1-5-11(3)13(4)12-9-7-6-8-10(12)2/h5-9H,1,3H2,2,4H3. The third-order valence-corrected chi connectivity index (χ3v) is 2.14. The minimum Gasteiger partial charge on any atom is -0.345 e. The molecule has 0 heterocycles. The van der Waals surface area contributed by atoms with E-state index >= 15 is 0 Å². The molecule has 1 aromatic carbocycles. The monoisotopic (exact) mass is 173 g/mol. The number of allylic oxidation sites excluding steroid dienone is 1. The van der Waals surface area contributed by atoms with Gasteiger partial charge in [0.2, 0.25) is 0 Å². The van der Waals surface area contributed by atoms with Gasteiger partial charge in [-0.3, -0.25) is 0 Å². The Morgan fingerprint density at radius 3 is 2.54 bits per heavy atom. The molecular weight excluding hydrogens is 158 g/mol. The fraction of sp³-hybridized carbons (Fsp3) is 0.167. The first-order valence-corrected chi connectivity index (χ1v) is 4.27. The van der Waals surface area contributed by atoms with Crippen molar-refractivity contribution >= 4 is 5.69 Å². The van der Waals surface area contributed by atoms with Crippen LogP contribution in [0.2, 0.25) is 0 Å². The highest BCUT2D eigenvalue weighted by molar-refractivity contribution is 5.57. The number of hydrogen-bond acceptors (Lipinski definition) is 1. The molecule has 0 atom stereocenters. The molecule has 0 aliphatic carbocycles. The molecule has 1 nitrogen and oxygen atoms in total. The summed E-state index contributed by atoms with van der Waals surface area (Å²) in [4.78, 5) is 2.03. The fourth-order valence-corrected chi connectivity index (χ4v) is 1.23. The van der Waals surface area contributed by atoms with Crippen LogP contribution in [0.3, 0.4) is 0 Å². The molecule has 0 amide bonds. The van der Waals surface area contributed by atoms with Crippen molar-refractivity contribution in [3.63, 3.8) is 0 Å². The van der Waals surface area contributed by atoms with Gasteiger partial charge in [0.15, 0.2) is 0 Å². The van der Waals surface area contributed by atoms with Crippen LogP contribution in [0.25, 0.3) is 0 Å². The second-order valence-electron chi connectivity index (χ2n) is 3.04. The first-order chi connectivity index (χ1) is 6.16. The number of hydrogen-bond donors (Lipinski definition) is 0. The molecule has 0 fully saturated rings. The van der Waals surface area contributed by atoms with Crippen molar-refractivity contribution in [1.29, 1.82) is 0 Å². The van der Waals surface area contributed by atoms with E-state index in [-0.39, 0.29) is 0 Å². The molecule has 0 aromatic heterocycles. The van der Waals surface area contributed by atoms with Crippen LogP contribution in [-0.4, -0.2) is 7.05 Å². The van der Waals surface area contributed by atoms with Gasteiger partial charge >= 0.3 is 0 Å². The first kappa shape index (κ1) is 9.59. The summed E-state index contributed by atoms with van der Waals surface area (Å²) < 4.78 is 0. The SMILES string of the molecule is C=CC(=C)N(C)c1ccccc1C. The van der Waals surface area contributed by atoms with Crippen LogP contribution in [0.4, 0.5) is 5.69 Å². The molecule has 0 saturated carbocycles. The summed E-state index contributed by atoms with van der Waals surface area (Å²) in [6.45, 7) is 9.68. The second kappa shape index (κ2) is 3.94. The van der Waals surface area contributed by atoms with Gasteiger partial charge in [-0.25, -0.2) is 0 Å². The number of benzene rings is 1. The molecule has 0 aliphatic rings. The van der Waals surface area contributed by atoms with Crippen molar-refractivity contribution in [2.45, 2.75) is 6.92 Å². The average molecular weight is 173 g/mol. The molecule has 0 aliphatic heterocycles. The van der Waals surface area contributed by atoms with E-state index < -0.39 is 0 Å². The number of rotatable bonds is 3. The summed E-state index contributed by atoms with van der Waals surface area (Å²) in [7, 11) is 1.99. The molecule has 1 rings (SSSR count). The molecule has 1 aromatic rings. The van der Waals surface area contributed by atoms with E-state index in [1.807, 2.05) is 24.1 Å². The highest BCUT2D eigenvalue weighted by Gasteiger charge is 2.03. The summed E-state index contributed by atoms with van der Waals surface area (Å²) in [6.07, 6.45) is 1.76. The Morgan fingerprint density at radius 2 is 2.00 bits per heavy atom. The van der Waals surface area contributed by atoms with Crippen LogP contribution in [0, 0.1) is 6.92 Å². The lowest BCUT2D eigenvalue weighted by molar-refractivity contribution is 1.13. The third kappa shape index (κ3) is 2.00. The Balaban J connectivity index is 3.01. The van der Waals surface area contributed by atoms with Gasteiger partial charge in [-0.15, -0.1) is 0 Å². The Kier molecular flexibility index (Phi) is 2.91. The topological polar surface area (TPSA) is 3.24 Å². The Labute approximate surface area is 80.0 Å². The van der Waals surface area contributed by atoms with Crippen LogP contribution in [-0.2, 0) is 0 Å². The predicted octanol–water partition coefficient (Wildman–Crippen LogP) is 3.13. The maximum Gasteiger partial charge on any atom is 0.0437 e. The van der Waals surface area contributed by atoms with Crippen LogP contribution in [0.5, 0.6) is 0 Å². The van der Waals surface area contributed by atoms with E-state index in [0.29, 0.717) is 0 Å². The number of nitrogens with zero attached hydrogens (tertiary/aromatic N) is 1. The van der Waals surface area contributed by atoms with Crippen molar-refractivity contribution in [3.05, 3.63) is 54.8 Å². The van der Waals surface area contributed by atoms with Gasteiger partial charge in [0.05, 0.1) is 0 Å². The quantitative estimate of drug-likeness (QED) is 0.635. The molecule has 13 heavy (non-hydrogen) atoms. The molecule has 1 heteroatoms. The molecule has 0 unspecified atom stereocenters. The van der Waals surface area contributed by atoms with Gasteiger partial charge in [0.25, 0.3) is 0 Å².